The van der Waals surface area contributed by atoms with E-state index in [1.165, 1.54) is 4.31 Å². The molecule has 2 amide bonds. The zero-order valence-electron chi connectivity index (χ0n) is 19.5. The van der Waals surface area contributed by atoms with Crippen molar-refractivity contribution in [1.82, 2.24) is 9.21 Å². The molecule has 2 aliphatic rings. The first-order valence-corrected chi connectivity index (χ1v) is 13.4. The molecule has 2 saturated heterocycles. The van der Waals surface area contributed by atoms with Crippen molar-refractivity contribution in [2.45, 2.75) is 50.5 Å². The monoisotopic (exact) mass is 503 g/mol. The van der Waals surface area contributed by atoms with Gasteiger partial charge in [0.15, 0.2) is 0 Å². The molecule has 7 nitrogen and oxygen atoms in total. The van der Waals surface area contributed by atoms with Crippen LogP contribution in [-0.4, -0.2) is 55.1 Å². The van der Waals surface area contributed by atoms with Crippen molar-refractivity contribution in [3.63, 3.8) is 0 Å². The van der Waals surface area contributed by atoms with Gasteiger partial charge in [0.2, 0.25) is 21.8 Å². The standard InChI is InChI=1S/C25H30ClN3O4S/c1-17-5-8-20(9-6-17)34(32,33)28-14-11-19(12-15-28)25(31)29-13-3-4-23(29)24(30)27-22-10-7-18(2)16-21(22)26/h5-10,16,19,23H,3-4,11-15H2,1-2H3,(H,27,30)/t23-/m0/s1. The molecular weight excluding hydrogens is 474 g/mol. The van der Waals surface area contributed by atoms with Gasteiger partial charge in [0.05, 0.1) is 15.6 Å². The van der Waals surface area contributed by atoms with Gasteiger partial charge in [-0.25, -0.2) is 8.42 Å². The van der Waals surface area contributed by atoms with Crippen molar-refractivity contribution in [2.24, 2.45) is 5.92 Å². The number of piperidine rings is 1. The number of hydrogen-bond acceptors (Lipinski definition) is 4. The van der Waals surface area contributed by atoms with E-state index in [4.69, 9.17) is 11.6 Å². The van der Waals surface area contributed by atoms with E-state index in [0.717, 1.165) is 17.5 Å². The number of carbonyl (C=O) groups is 2. The maximum absolute atomic E-state index is 13.3. The van der Waals surface area contributed by atoms with Crippen molar-refractivity contribution >= 4 is 39.1 Å². The molecule has 2 aliphatic heterocycles. The van der Waals surface area contributed by atoms with Gasteiger partial charge >= 0.3 is 0 Å². The van der Waals surface area contributed by atoms with Gasteiger partial charge < -0.3 is 10.2 Å². The Kier molecular flexibility index (Phi) is 7.31. The van der Waals surface area contributed by atoms with E-state index in [9.17, 15) is 18.0 Å². The summed E-state index contributed by atoms with van der Waals surface area (Å²) in [5.74, 6) is -0.600. The molecule has 1 N–H and O–H groups in total. The van der Waals surface area contributed by atoms with Crippen LogP contribution in [-0.2, 0) is 19.6 Å². The summed E-state index contributed by atoms with van der Waals surface area (Å²) in [5, 5.41) is 3.33. The van der Waals surface area contributed by atoms with Gasteiger partial charge in [-0.1, -0.05) is 35.4 Å². The normalized spacial score (nSPS) is 19.9. The molecule has 2 heterocycles. The zero-order valence-corrected chi connectivity index (χ0v) is 21.0. The molecular formula is C25H30ClN3O4S. The van der Waals surface area contributed by atoms with Crippen LogP contribution in [0.1, 0.15) is 36.8 Å². The Bertz CT molecular complexity index is 1180. The summed E-state index contributed by atoms with van der Waals surface area (Å²) in [6, 6.07) is 11.7. The van der Waals surface area contributed by atoms with Crippen LogP contribution in [0.5, 0.6) is 0 Å². The number of nitrogens with one attached hydrogen (secondary N) is 1. The van der Waals surface area contributed by atoms with E-state index in [0.29, 0.717) is 36.5 Å². The second-order valence-electron chi connectivity index (χ2n) is 9.15. The molecule has 0 saturated carbocycles. The van der Waals surface area contributed by atoms with Crippen molar-refractivity contribution < 1.29 is 18.0 Å². The zero-order chi connectivity index (χ0) is 24.5. The predicted octanol–water partition coefficient (Wildman–Crippen LogP) is 3.99. The fourth-order valence-electron chi connectivity index (χ4n) is 4.68. The van der Waals surface area contributed by atoms with E-state index >= 15 is 0 Å². The Hall–Kier alpha value is -2.42. The van der Waals surface area contributed by atoms with E-state index in [1.54, 1.807) is 41.3 Å². The second kappa shape index (κ2) is 10.1. The van der Waals surface area contributed by atoms with Crippen molar-refractivity contribution in [2.75, 3.05) is 25.0 Å². The molecule has 9 heteroatoms. The number of benzene rings is 2. The van der Waals surface area contributed by atoms with E-state index < -0.39 is 16.1 Å². The highest BCUT2D eigenvalue weighted by Gasteiger charge is 2.39. The third-order valence-electron chi connectivity index (χ3n) is 6.68. The fourth-order valence-corrected chi connectivity index (χ4v) is 6.43. The minimum atomic E-state index is -3.58. The van der Waals surface area contributed by atoms with Crippen molar-refractivity contribution in [3.05, 3.63) is 58.6 Å². The Labute approximate surface area is 206 Å². The number of amides is 2. The number of anilines is 1. The molecule has 2 aromatic rings. The number of halogens is 1. The lowest BCUT2D eigenvalue weighted by atomic mass is 9.96. The number of rotatable bonds is 5. The highest BCUT2D eigenvalue weighted by Crippen LogP contribution is 2.29. The van der Waals surface area contributed by atoms with Gasteiger partial charge in [-0.3, -0.25) is 9.59 Å². The van der Waals surface area contributed by atoms with Crippen LogP contribution >= 0.6 is 11.6 Å². The SMILES string of the molecule is Cc1ccc(S(=O)(=O)N2CCC(C(=O)N3CCC[C@H]3C(=O)Nc3ccc(C)cc3Cl)CC2)cc1. The number of aryl methyl sites for hydroxylation is 2. The molecule has 0 spiro atoms. The summed E-state index contributed by atoms with van der Waals surface area (Å²) < 4.78 is 27.4. The smallest absolute Gasteiger partial charge is 0.247 e. The summed E-state index contributed by atoms with van der Waals surface area (Å²) in [6.07, 6.45) is 2.24. The number of sulfonamides is 1. The molecule has 0 bridgehead atoms. The second-order valence-corrected chi connectivity index (χ2v) is 11.5. The van der Waals surface area contributed by atoms with Crippen LogP contribution in [0.3, 0.4) is 0 Å². The minimum Gasteiger partial charge on any atom is -0.330 e. The molecule has 0 radical (unpaired) electrons. The van der Waals surface area contributed by atoms with Crippen LogP contribution in [0.4, 0.5) is 5.69 Å². The van der Waals surface area contributed by atoms with E-state index in [1.807, 2.05) is 19.9 Å². The average molecular weight is 504 g/mol. The molecule has 34 heavy (non-hydrogen) atoms. The van der Waals surface area contributed by atoms with Crippen molar-refractivity contribution in [1.29, 1.82) is 0 Å². The van der Waals surface area contributed by atoms with Gasteiger partial charge in [-0.2, -0.15) is 4.31 Å². The Morgan fingerprint density at radius 2 is 1.59 bits per heavy atom. The topological polar surface area (TPSA) is 86.8 Å². The molecule has 0 aromatic heterocycles. The fraction of sp³-hybridized carbons (Fsp3) is 0.440. The molecule has 0 unspecified atom stereocenters. The van der Waals surface area contributed by atoms with Crippen LogP contribution < -0.4 is 5.32 Å². The summed E-state index contributed by atoms with van der Waals surface area (Å²) in [5.41, 5.74) is 2.53. The molecule has 4 rings (SSSR count). The van der Waals surface area contributed by atoms with Gasteiger partial charge in [-0.05, 0) is 69.4 Å². The third-order valence-corrected chi connectivity index (χ3v) is 8.91. The van der Waals surface area contributed by atoms with Crippen LogP contribution in [0.25, 0.3) is 0 Å². The van der Waals surface area contributed by atoms with Gasteiger partial charge in [0.1, 0.15) is 6.04 Å². The lowest BCUT2D eigenvalue weighted by molar-refractivity contribution is -0.141. The van der Waals surface area contributed by atoms with E-state index in [2.05, 4.69) is 5.32 Å². The first-order chi connectivity index (χ1) is 16.2. The van der Waals surface area contributed by atoms with Crippen LogP contribution in [0.2, 0.25) is 5.02 Å². The van der Waals surface area contributed by atoms with Gasteiger partial charge in [0.25, 0.3) is 0 Å². The number of hydrogen-bond donors (Lipinski definition) is 1. The quantitative estimate of drug-likeness (QED) is 0.668. The lowest BCUT2D eigenvalue weighted by Crippen LogP contribution is -2.48. The Morgan fingerprint density at radius 1 is 0.941 bits per heavy atom. The minimum absolute atomic E-state index is 0.0694. The van der Waals surface area contributed by atoms with Crippen LogP contribution in [0, 0.1) is 19.8 Å². The van der Waals surface area contributed by atoms with Crippen LogP contribution in [0.15, 0.2) is 47.4 Å². The summed E-state index contributed by atoms with van der Waals surface area (Å²) in [6.45, 7) is 4.94. The Balaban J connectivity index is 1.38. The Morgan fingerprint density at radius 3 is 2.24 bits per heavy atom. The molecule has 182 valence electrons. The summed E-state index contributed by atoms with van der Waals surface area (Å²) >= 11 is 6.25. The number of carbonyl (C=O) groups excluding carboxylic acids is 2. The average Bonchev–Trinajstić information content (AvgIpc) is 3.31. The van der Waals surface area contributed by atoms with Gasteiger partial charge in [-0.15, -0.1) is 0 Å². The number of likely N-dealkylation sites (tertiary alicyclic amines) is 1. The van der Waals surface area contributed by atoms with Crippen molar-refractivity contribution in [3.8, 4) is 0 Å². The highest BCUT2D eigenvalue weighted by molar-refractivity contribution is 7.89. The predicted molar refractivity (Wildman–Crippen MR) is 132 cm³/mol. The maximum atomic E-state index is 13.3. The third kappa shape index (κ3) is 5.14. The van der Waals surface area contributed by atoms with E-state index in [-0.39, 0.29) is 35.7 Å². The lowest BCUT2D eigenvalue weighted by Gasteiger charge is -2.34. The first kappa shape index (κ1) is 24.7. The maximum Gasteiger partial charge on any atom is 0.247 e. The summed E-state index contributed by atoms with van der Waals surface area (Å²) in [4.78, 5) is 28.2. The number of nitrogens with zero attached hydrogens (tertiary/aromatic N) is 2. The van der Waals surface area contributed by atoms with Gasteiger partial charge in [0, 0.05) is 25.6 Å². The highest BCUT2D eigenvalue weighted by atomic mass is 35.5. The largest absolute Gasteiger partial charge is 0.330 e. The molecule has 0 aliphatic carbocycles. The summed E-state index contributed by atoms with van der Waals surface area (Å²) in [7, 11) is -3.58. The molecule has 1 atom stereocenters. The first-order valence-electron chi connectivity index (χ1n) is 11.6. The molecule has 2 fully saturated rings. The molecule has 2 aromatic carbocycles.